The van der Waals surface area contributed by atoms with Gasteiger partial charge < -0.3 is 11.1 Å². The fourth-order valence-electron chi connectivity index (χ4n) is 4.40. The Morgan fingerprint density at radius 2 is 2.00 bits per heavy atom. The molecule has 0 spiro atoms. The van der Waals surface area contributed by atoms with Gasteiger partial charge in [-0.3, -0.25) is 18.8 Å². The predicted octanol–water partition coefficient (Wildman–Crippen LogP) is 3.72. The topological polar surface area (TPSA) is 124 Å². The van der Waals surface area contributed by atoms with Crippen LogP contribution < -0.4 is 16.7 Å². The molecule has 1 amide bonds. The van der Waals surface area contributed by atoms with E-state index in [9.17, 15) is 9.59 Å². The average molecular weight is 531 g/mol. The van der Waals surface area contributed by atoms with Gasteiger partial charge in [0.1, 0.15) is 11.3 Å². The van der Waals surface area contributed by atoms with Crippen LogP contribution in [0.1, 0.15) is 41.6 Å². The second kappa shape index (κ2) is 11.0. The normalized spacial score (nSPS) is 12.4. The number of nitrogens with two attached hydrogens (primary N) is 1. The number of hydrogen-bond acceptors (Lipinski definition) is 6. The number of amides is 1. The molecule has 3 N–H and O–H groups in total. The van der Waals surface area contributed by atoms with Crippen molar-refractivity contribution in [3.05, 3.63) is 118 Å². The number of aromatic nitrogens is 5. The smallest absolute Gasteiger partial charge is 0.338 e. The van der Waals surface area contributed by atoms with Gasteiger partial charge in [-0.15, -0.1) is 5.10 Å². The molecule has 0 aliphatic rings. The van der Waals surface area contributed by atoms with E-state index in [0.29, 0.717) is 28.2 Å². The van der Waals surface area contributed by atoms with Crippen LogP contribution in [0.5, 0.6) is 0 Å². The Kier molecular flexibility index (Phi) is 7.11. The van der Waals surface area contributed by atoms with Crippen molar-refractivity contribution < 1.29 is 4.79 Å². The minimum Gasteiger partial charge on any atom is -0.381 e. The first-order valence-electron chi connectivity index (χ1n) is 12.5. The van der Waals surface area contributed by atoms with Crippen LogP contribution in [0.25, 0.3) is 16.9 Å². The van der Waals surface area contributed by atoms with Gasteiger partial charge >= 0.3 is 5.69 Å². The van der Waals surface area contributed by atoms with Crippen LogP contribution in [-0.4, -0.2) is 36.2 Å². The molecule has 0 saturated carbocycles. The number of carbonyl (C=O) groups excluding carboxylic acids is 1. The molecule has 0 bridgehead atoms. The summed E-state index contributed by atoms with van der Waals surface area (Å²) in [6.45, 7) is 7.12. The molecule has 0 saturated heterocycles. The molecular weight excluding hydrogens is 504 g/mol. The number of anilines is 1. The van der Waals surface area contributed by atoms with Gasteiger partial charge in [0.25, 0.3) is 5.91 Å². The van der Waals surface area contributed by atoms with Crippen LogP contribution >= 0.6 is 0 Å². The van der Waals surface area contributed by atoms with Crippen molar-refractivity contribution in [3.8, 4) is 17.5 Å². The summed E-state index contributed by atoms with van der Waals surface area (Å²) in [4.78, 5) is 35.3. The van der Waals surface area contributed by atoms with E-state index in [1.165, 1.54) is 4.52 Å². The first kappa shape index (κ1) is 25.9. The van der Waals surface area contributed by atoms with Gasteiger partial charge in [-0.2, -0.15) is 0 Å². The Morgan fingerprint density at radius 1 is 1.20 bits per heavy atom. The SMILES string of the molecule is C=N/C=C\C(C#Cc1ccc2cc(C(C)NC(=O)c3c(N)nn4cccnc34)n(-c3ccccc3)c(=O)n12)=C/C. The number of allylic oxidation sites excluding steroid dienone is 3. The van der Waals surface area contributed by atoms with Gasteiger partial charge in [0, 0.05) is 24.2 Å². The summed E-state index contributed by atoms with van der Waals surface area (Å²) in [6, 6.07) is 15.8. The Bertz CT molecular complexity index is 1930. The molecule has 5 rings (SSSR count). The van der Waals surface area contributed by atoms with Crippen molar-refractivity contribution in [2.45, 2.75) is 19.9 Å². The number of nitrogen functional groups attached to an aromatic ring is 1. The molecule has 4 heterocycles. The van der Waals surface area contributed by atoms with Gasteiger partial charge in [-0.1, -0.05) is 30.2 Å². The standard InChI is InChI=1S/C30H26N8O2/c1-4-21(15-17-32-3)11-12-23-13-14-24-19-25(38(30(40)37(23)24)22-9-6-5-7-10-22)20(2)34-29(39)26-27(31)35-36-18-8-16-33-28(26)36/h4-10,13-20H,3H2,1-2H3,(H2,31,35)(H,34,39)/b17-15-,21-4-. The lowest BCUT2D eigenvalue weighted by Crippen LogP contribution is -2.34. The first-order chi connectivity index (χ1) is 19.4. The number of hydrogen-bond donors (Lipinski definition) is 2. The fourth-order valence-corrected chi connectivity index (χ4v) is 4.40. The van der Waals surface area contributed by atoms with Crippen molar-refractivity contribution in [3.63, 3.8) is 0 Å². The predicted molar refractivity (Wildman–Crippen MR) is 156 cm³/mol. The van der Waals surface area contributed by atoms with Crippen molar-refractivity contribution in [2.75, 3.05) is 5.73 Å². The van der Waals surface area contributed by atoms with Crippen LogP contribution in [0.3, 0.4) is 0 Å². The zero-order valence-corrected chi connectivity index (χ0v) is 21.9. The summed E-state index contributed by atoms with van der Waals surface area (Å²) >= 11 is 0. The Labute approximate surface area is 229 Å². The molecule has 10 heteroatoms. The van der Waals surface area contributed by atoms with Crippen LogP contribution in [-0.2, 0) is 0 Å². The number of para-hydroxylation sites is 1. The van der Waals surface area contributed by atoms with Gasteiger partial charge in [-0.05, 0) is 69.0 Å². The summed E-state index contributed by atoms with van der Waals surface area (Å²) < 4.78 is 4.57. The maximum Gasteiger partial charge on any atom is 0.338 e. The molecule has 40 heavy (non-hydrogen) atoms. The van der Waals surface area contributed by atoms with Gasteiger partial charge in [0.2, 0.25) is 0 Å². The van der Waals surface area contributed by atoms with E-state index in [1.807, 2.05) is 55.5 Å². The highest BCUT2D eigenvalue weighted by molar-refractivity contribution is 6.04. The molecule has 4 aromatic heterocycles. The minimum atomic E-state index is -0.584. The summed E-state index contributed by atoms with van der Waals surface area (Å²) in [6.07, 6.45) is 8.38. The monoisotopic (exact) mass is 530 g/mol. The summed E-state index contributed by atoms with van der Waals surface area (Å²) in [5.41, 5.74) is 9.37. The summed E-state index contributed by atoms with van der Waals surface area (Å²) in [7, 11) is 0. The maximum absolute atomic E-state index is 14.0. The van der Waals surface area contributed by atoms with Gasteiger partial charge in [0.15, 0.2) is 11.5 Å². The fraction of sp³-hybridized carbons (Fsp3) is 0.100. The summed E-state index contributed by atoms with van der Waals surface area (Å²) in [5.74, 6) is 5.77. The molecule has 0 fully saturated rings. The van der Waals surface area contributed by atoms with Crippen molar-refractivity contribution >= 4 is 29.6 Å². The van der Waals surface area contributed by atoms with Crippen molar-refractivity contribution in [1.29, 1.82) is 0 Å². The highest BCUT2D eigenvalue weighted by Crippen LogP contribution is 2.22. The molecule has 1 aromatic carbocycles. The zero-order valence-electron chi connectivity index (χ0n) is 21.9. The number of rotatable bonds is 6. The quantitative estimate of drug-likeness (QED) is 0.197. The molecule has 0 aliphatic carbocycles. The zero-order chi connectivity index (χ0) is 28.2. The number of aliphatic imine (C=N–C) groups is 1. The third kappa shape index (κ3) is 4.79. The largest absolute Gasteiger partial charge is 0.381 e. The molecule has 0 radical (unpaired) electrons. The molecule has 0 aliphatic heterocycles. The lowest BCUT2D eigenvalue weighted by Gasteiger charge is -2.20. The number of nitrogens with one attached hydrogen (secondary N) is 1. The first-order valence-corrected chi connectivity index (χ1v) is 12.5. The van der Waals surface area contributed by atoms with E-state index in [-0.39, 0.29) is 17.1 Å². The third-order valence-corrected chi connectivity index (χ3v) is 6.31. The van der Waals surface area contributed by atoms with E-state index >= 15 is 0 Å². The van der Waals surface area contributed by atoms with Crippen LogP contribution in [0.4, 0.5) is 5.82 Å². The maximum atomic E-state index is 14.0. The molecule has 1 unspecified atom stereocenters. The van der Waals surface area contributed by atoms with E-state index in [4.69, 9.17) is 5.73 Å². The molecule has 5 aromatic rings. The number of fused-ring (bicyclic) bond motifs is 2. The lowest BCUT2D eigenvalue weighted by atomic mass is 10.1. The van der Waals surface area contributed by atoms with Gasteiger partial charge in [-0.25, -0.2) is 14.3 Å². The number of carbonyl (C=O) groups is 1. The van der Waals surface area contributed by atoms with Crippen molar-refractivity contribution in [2.24, 2.45) is 4.99 Å². The van der Waals surface area contributed by atoms with Crippen molar-refractivity contribution in [1.82, 2.24) is 28.9 Å². The molecule has 198 valence electrons. The Morgan fingerprint density at radius 3 is 2.75 bits per heavy atom. The van der Waals surface area contributed by atoms with Gasteiger partial charge in [0.05, 0.1) is 22.9 Å². The Balaban J connectivity index is 1.61. The third-order valence-electron chi connectivity index (χ3n) is 6.31. The van der Waals surface area contributed by atoms with Crippen LogP contribution in [0, 0.1) is 11.8 Å². The average Bonchev–Trinajstić information content (AvgIpc) is 3.53. The van der Waals surface area contributed by atoms with E-state index in [0.717, 1.165) is 5.57 Å². The summed E-state index contributed by atoms with van der Waals surface area (Å²) in [5, 5.41) is 7.14. The van der Waals surface area contributed by atoms with E-state index in [2.05, 4.69) is 39.0 Å². The second-order valence-corrected chi connectivity index (χ2v) is 8.84. The van der Waals surface area contributed by atoms with Crippen LogP contribution in [0.15, 0.2) is 101 Å². The molecule has 10 nitrogen and oxygen atoms in total. The highest BCUT2D eigenvalue weighted by Gasteiger charge is 2.24. The molecular formula is C30H26N8O2. The highest BCUT2D eigenvalue weighted by atomic mass is 16.2. The van der Waals surface area contributed by atoms with E-state index < -0.39 is 11.9 Å². The number of benzene rings is 1. The number of nitrogens with zero attached hydrogens (tertiary/aromatic N) is 6. The lowest BCUT2D eigenvalue weighted by molar-refractivity contribution is 0.0941. The molecule has 1 atom stereocenters. The van der Waals surface area contributed by atoms with Crippen LogP contribution in [0.2, 0.25) is 0 Å². The minimum absolute atomic E-state index is 0.0633. The van der Waals surface area contributed by atoms with E-state index in [1.54, 1.807) is 52.7 Å². The Hall–Kier alpha value is -5.69. The second-order valence-electron chi connectivity index (χ2n) is 8.84.